The molecule has 0 spiro atoms. The fourth-order valence-corrected chi connectivity index (χ4v) is 12.5. The molecule has 130 heavy (non-hydrogen) atoms. The largest absolute Gasteiger partial charge is 1.00 e. The number of carbonyl (C=O) groups excluding carboxylic acids is 1. The van der Waals surface area contributed by atoms with E-state index in [1.165, 1.54) is 40.2 Å². The number of methoxy groups -OCH3 is 1. The van der Waals surface area contributed by atoms with Gasteiger partial charge in [-0.15, -0.1) is 10.2 Å². The number of nitrogens with two attached hydrogens (primary N) is 3. The van der Waals surface area contributed by atoms with E-state index in [2.05, 4.69) is 126 Å². The van der Waals surface area contributed by atoms with E-state index in [0.29, 0.717) is 22.6 Å². The first kappa shape index (κ1) is 118. The zero-order chi connectivity index (χ0) is 85.2. The monoisotopic (exact) mass is 1840 g/mol. The minimum atomic E-state index is -1.00. The summed E-state index contributed by atoms with van der Waals surface area (Å²) in [7, 11) is 4.96. The Morgan fingerprint density at radius 3 is 1.28 bits per heavy atom. The maximum Gasteiger partial charge on any atom is 1.00 e. The van der Waals surface area contributed by atoms with Gasteiger partial charge < -0.3 is 36.5 Å². The standard InChI is InChI=1S/C18H15N7S.C13H13N5S.2C12H11NO2.C12H9NO2.C11H9NO2.C5H6N2O2.CH6N4S.9CH4.Na.H2O/c1-11(12-5-6-15-13(8-12)4-3-7-19-15)16-21-22-18-25(16)23-17(26-18)14-9-20-24(2)10-14;1-8(12-16-17-13(19)18(12)14)9-4-5-11-10(7-9)3-2-6-15-11;1-15-12(14)8-9-4-5-11-10(7-9)3-2-6-13-11;2*1-8(12(14)15)9-4-5-11-10(7-9)3-2-6-13-11;13-11(14)7-8-3-4-10-9(6-8)2-1-5-12-10;1-7-3-4(2-6-7)5(8)9;2-4-1(6)5-3;;;;;;;;;;;/h3-11H,1-2H3;2-8H,14H2,1H3,(H,17,19);2-7H,8H2,1H3;2-8H,1H3,(H,14,15);2-7H,1H2,(H,14,15);1-6H,7H2,(H,13,14);2-3H,1H3,(H,8,9);2-3H2,(H2,4,5,6);9*1H4;;1H2/q;;;;;;;;;;;;;;;;;+1;/p-1/t11-;8-;;8-;;;;;;;;;;;;;;;/m00.0.............../s1. The van der Waals surface area contributed by atoms with Crippen LogP contribution in [0.1, 0.15) is 161 Å². The number of aryl methyl sites for hydroxylation is 2. The Morgan fingerprint density at radius 1 is 0.523 bits per heavy atom. The van der Waals surface area contributed by atoms with Crippen molar-refractivity contribution in [3.8, 4) is 10.6 Å². The van der Waals surface area contributed by atoms with Gasteiger partial charge in [0.25, 0.3) is 0 Å². The fourth-order valence-electron chi connectivity index (χ4n) is 11.5. The first-order valence-electron chi connectivity index (χ1n) is 36.1. The fraction of sp³-hybridized carbons (Fsp3) is 0.215. The van der Waals surface area contributed by atoms with Crippen LogP contribution in [-0.4, -0.2) is 152 Å². The molecule has 0 saturated carbocycles. The number of hydrogen-bond donors (Lipinski definition) is 10. The van der Waals surface area contributed by atoms with Crippen LogP contribution in [0.4, 0.5) is 0 Å². The van der Waals surface area contributed by atoms with Gasteiger partial charge in [0, 0.05) is 108 Å². The van der Waals surface area contributed by atoms with Gasteiger partial charge in [-0.2, -0.15) is 24.9 Å². The quantitative estimate of drug-likeness (QED) is 0.0121. The molecular formula is C93H117N22NaO11S3. The van der Waals surface area contributed by atoms with E-state index >= 15 is 0 Å². The van der Waals surface area contributed by atoms with Crippen molar-refractivity contribution in [2.24, 2.45) is 25.8 Å². The van der Waals surface area contributed by atoms with Crippen LogP contribution < -0.4 is 57.9 Å². The van der Waals surface area contributed by atoms with Crippen LogP contribution in [0.2, 0.25) is 0 Å². The number of aliphatic carboxylic acids is 3. The number of hydrogen-bond acceptors (Lipinski definition) is 25. The van der Waals surface area contributed by atoms with Crippen LogP contribution >= 0.6 is 35.8 Å². The summed E-state index contributed by atoms with van der Waals surface area (Å²) in [5, 5.41) is 70.1. The second-order valence-corrected chi connectivity index (χ2v) is 27.8. The predicted octanol–water partition coefficient (Wildman–Crippen LogP) is 15.1. The van der Waals surface area contributed by atoms with Gasteiger partial charge in [0.05, 0.1) is 88.1 Å². The Balaban J connectivity index is 0. The van der Waals surface area contributed by atoms with Crippen molar-refractivity contribution in [1.82, 2.24) is 95.0 Å². The normalized spacial score (nSPS) is 10.3. The van der Waals surface area contributed by atoms with E-state index in [-0.39, 0.29) is 142 Å². The number of carboxylic acids is 4. The Morgan fingerprint density at radius 2 is 0.915 bits per heavy atom. The van der Waals surface area contributed by atoms with Gasteiger partial charge in [0.2, 0.25) is 9.73 Å². The zero-order valence-electron chi connectivity index (χ0n) is 66.2. The number of esters is 1. The summed E-state index contributed by atoms with van der Waals surface area (Å²) in [6.07, 6.45) is 17.4. The van der Waals surface area contributed by atoms with Crippen LogP contribution in [0, 0.1) is 4.77 Å². The molecule has 0 aliphatic heterocycles. The minimum absolute atomic E-state index is 0. The molecule has 17 rings (SSSR count). The van der Waals surface area contributed by atoms with Crippen molar-refractivity contribution in [3.63, 3.8) is 0 Å². The average Bonchev–Trinajstić information content (AvgIpc) is 1.62. The number of nitrogens with zero attached hydrogens (tertiary/aromatic N) is 16. The molecule has 0 amide bonds. The number of pyridine rings is 6. The summed E-state index contributed by atoms with van der Waals surface area (Å²) in [5.74, 6) is 12.8. The molecule has 0 fully saturated rings. The molecule has 3 atom stereocenters. The number of rotatable bonds is 14. The van der Waals surface area contributed by atoms with Crippen LogP contribution in [0.25, 0.3) is 86.5 Å². The van der Waals surface area contributed by atoms with Crippen molar-refractivity contribution in [2.45, 2.75) is 118 Å². The van der Waals surface area contributed by atoms with Gasteiger partial charge in [0.15, 0.2) is 21.8 Å². The predicted molar refractivity (Wildman–Crippen MR) is 524 cm³/mol. The Labute approximate surface area is 793 Å². The molecule has 33 nitrogen and oxygen atoms in total. The van der Waals surface area contributed by atoms with Crippen molar-refractivity contribution < 1.29 is 84.2 Å². The second-order valence-electron chi connectivity index (χ2n) is 26.1. The third-order valence-corrected chi connectivity index (χ3v) is 19.4. The topological polar surface area (TPSA) is 497 Å². The Bertz CT molecular complexity index is 6530. The average molecular weight is 1840 g/mol. The number of hydrazine groups is 2. The number of nitrogen functional groups attached to an aromatic ring is 1. The molecule has 0 saturated heterocycles. The van der Waals surface area contributed by atoms with Crippen molar-refractivity contribution >= 4 is 147 Å². The minimum Gasteiger partial charge on any atom is -0.870 e. The van der Waals surface area contributed by atoms with Crippen LogP contribution in [0.5, 0.6) is 0 Å². The van der Waals surface area contributed by atoms with Gasteiger partial charge in [-0.1, -0.05) is 171 Å². The number of carbonyl (C=O) groups is 5. The summed E-state index contributed by atoms with van der Waals surface area (Å²) < 4.78 is 11.5. The van der Waals surface area contributed by atoms with Gasteiger partial charge in [0.1, 0.15) is 0 Å². The van der Waals surface area contributed by atoms with Gasteiger partial charge >= 0.3 is 59.4 Å². The molecular weight excluding hydrogens is 1720 g/mol. The molecule has 11 heterocycles. The van der Waals surface area contributed by atoms with Crippen molar-refractivity contribution in [3.05, 3.63) is 306 Å². The van der Waals surface area contributed by atoms with E-state index in [9.17, 15) is 24.0 Å². The van der Waals surface area contributed by atoms with Crippen molar-refractivity contribution in [2.75, 3.05) is 13.0 Å². The first-order valence-corrected chi connectivity index (χ1v) is 37.7. The van der Waals surface area contributed by atoms with Gasteiger partial charge in [-0.25, -0.2) is 26.0 Å². The molecule has 17 aromatic rings. The summed E-state index contributed by atoms with van der Waals surface area (Å²) >= 11 is 10.9. The SMILES string of the molecule is C.C.C.C.C.C.C.C.C.C=C(C(=O)O)c1ccc2ncccc2c1.COC(=O)Cc1ccc2ncccc2c1.C[C@@H](c1ccc2ncccc2c1)c1n[nH]c(=S)n1N.C[C@@H](c1ccc2ncccc2c1)c1nnc2sc(-c3cnn(C)c3)nn12.C[C@H](C(=O)O)c1ccc2ncccc2c1.Cn1cc(C(=O)O)cn1.NNC(=S)NN.O=C(O)Cc1ccc2ncccc2c1.[Na+].[OH-]. The first-order chi connectivity index (χ1) is 57.3. The molecule has 37 heteroatoms. The smallest absolute Gasteiger partial charge is 0.870 e. The van der Waals surface area contributed by atoms with Crippen LogP contribution in [0.15, 0.2) is 251 Å². The van der Waals surface area contributed by atoms with E-state index in [1.807, 2.05) is 171 Å². The third kappa shape index (κ3) is 32.4. The number of nitrogens with one attached hydrogen (secondary N) is 3. The molecule has 0 aliphatic rings. The molecule has 0 bridgehead atoms. The number of fused-ring (bicyclic) bond motifs is 7. The molecule has 0 radical (unpaired) electrons. The van der Waals surface area contributed by atoms with Gasteiger partial charge in [-0.05, 0) is 174 Å². The summed E-state index contributed by atoms with van der Waals surface area (Å²) in [4.78, 5) is 79.4. The molecule has 0 unspecified atom stereocenters. The molecule has 11 aromatic heterocycles. The second kappa shape index (κ2) is 57.0. The number of benzene rings is 6. The Hall–Kier alpha value is -14.0. The molecule has 684 valence electrons. The maximum absolute atomic E-state index is 11.1. The number of ether oxygens (including phenoxy) is 1. The summed E-state index contributed by atoms with van der Waals surface area (Å²) in [6, 6.07) is 57.6. The van der Waals surface area contributed by atoms with E-state index in [1.54, 1.807) is 73.9 Å². The van der Waals surface area contributed by atoms with Crippen LogP contribution in [0.3, 0.4) is 0 Å². The number of carboxylic acid groups (broad SMARTS) is 4. The third-order valence-electron chi connectivity index (χ3n) is 17.9. The Kier molecular flexibility index (Phi) is 51.8. The molecule has 14 N–H and O–H groups in total. The molecule has 0 aliphatic carbocycles. The number of H-pyrrole nitrogens is 1. The van der Waals surface area contributed by atoms with E-state index in [0.717, 1.165) is 115 Å². The van der Waals surface area contributed by atoms with Crippen molar-refractivity contribution in [1.29, 1.82) is 0 Å². The molecule has 6 aromatic carbocycles. The van der Waals surface area contributed by atoms with Crippen LogP contribution in [-0.2, 0) is 50.9 Å². The zero-order valence-corrected chi connectivity index (χ0v) is 70.7. The summed E-state index contributed by atoms with van der Waals surface area (Å²) in [6.45, 7) is 9.36. The van der Waals surface area contributed by atoms with E-state index < -0.39 is 29.8 Å². The number of aromatic nitrogens is 17. The number of thiocarbonyl (C=S) groups is 1. The maximum atomic E-state index is 11.1. The van der Waals surface area contributed by atoms with E-state index in [4.69, 9.17) is 55.3 Å². The summed E-state index contributed by atoms with van der Waals surface area (Å²) in [5.41, 5.74) is 16.5. The number of aromatic amines is 1. The number of aromatic carboxylic acids is 1. The van der Waals surface area contributed by atoms with Gasteiger partial charge in [-0.3, -0.25) is 69.6 Å².